The summed E-state index contributed by atoms with van der Waals surface area (Å²) >= 11 is 11.1. The van der Waals surface area contributed by atoms with Crippen LogP contribution in [0.15, 0.2) is 30.3 Å². The third-order valence-electron chi connectivity index (χ3n) is 3.52. The Morgan fingerprint density at radius 1 is 1.29 bits per heavy atom. The van der Waals surface area contributed by atoms with E-state index in [1.54, 1.807) is 0 Å². The normalized spacial score (nSPS) is 16.0. The third kappa shape index (κ3) is 2.65. The topological polar surface area (TPSA) is 37.4 Å². The van der Waals surface area contributed by atoms with Crippen LogP contribution in [0, 0.1) is 0 Å². The molecule has 1 atom stereocenters. The van der Waals surface area contributed by atoms with Gasteiger partial charge < -0.3 is 0 Å². The molecule has 1 unspecified atom stereocenters. The molecule has 3 nitrogen and oxygen atoms in total. The summed E-state index contributed by atoms with van der Waals surface area (Å²) in [7, 11) is 1.52. The molecular formula is C15H11BrClNO2S. The zero-order valence-corrected chi connectivity index (χ0v) is 14.3. The minimum Gasteiger partial charge on any atom is -0.281 e. The molecule has 0 N–H and O–H groups in total. The lowest BCUT2D eigenvalue weighted by Gasteiger charge is -2.24. The number of carbonyl (C=O) groups excluding carboxylic acids is 2. The lowest BCUT2D eigenvalue weighted by atomic mass is 9.95. The van der Waals surface area contributed by atoms with Crippen molar-refractivity contribution in [1.29, 1.82) is 0 Å². The number of imide groups is 1. The molecule has 0 spiro atoms. The summed E-state index contributed by atoms with van der Waals surface area (Å²) < 4.78 is 0.730. The molecule has 0 radical (unpaired) electrons. The number of amides is 2. The first-order chi connectivity index (χ1) is 9.97. The van der Waals surface area contributed by atoms with Gasteiger partial charge in [-0.05, 0) is 29.3 Å². The van der Waals surface area contributed by atoms with Crippen molar-refractivity contribution in [2.24, 2.45) is 0 Å². The fourth-order valence-corrected chi connectivity index (χ4v) is 4.09. The van der Waals surface area contributed by atoms with Gasteiger partial charge in [0.1, 0.15) is 0 Å². The molecule has 2 heterocycles. The molecule has 1 aromatic carbocycles. The van der Waals surface area contributed by atoms with Gasteiger partial charge in [0, 0.05) is 17.5 Å². The van der Waals surface area contributed by atoms with Crippen LogP contribution in [0.1, 0.15) is 31.2 Å². The number of thiophene rings is 1. The number of nitrogens with zero attached hydrogens (tertiary/aromatic N) is 1. The van der Waals surface area contributed by atoms with Crippen LogP contribution in [-0.2, 0) is 11.2 Å². The Bertz CT molecular complexity index is 743. The van der Waals surface area contributed by atoms with Crippen LogP contribution in [-0.4, -0.2) is 23.8 Å². The SMILES string of the molecule is CN1C(=O)Cc2ccc(C(Br)c3ccc(Cl)s3)cc2C1=O. The van der Waals surface area contributed by atoms with Gasteiger partial charge in [-0.2, -0.15) is 0 Å². The van der Waals surface area contributed by atoms with E-state index < -0.39 is 0 Å². The second-order valence-corrected chi connectivity index (χ2v) is 7.52. The standard InChI is InChI=1S/C15H11BrClNO2S/c1-18-13(19)7-8-2-3-9(6-10(8)15(18)20)14(16)11-4-5-12(17)21-11/h2-6,14H,7H2,1H3. The van der Waals surface area contributed by atoms with Gasteiger partial charge in [0.25, 0.3) is 5.91 Å². The summed E-state index contributed by atoms with van der Waals surface area (Å²) in [5.74, 6) is -0.410. The van der Waals surface area contributed by atoms with Crippen molar-refractivity contribution >= 4 is 50.7 Å². The van der Waals surface area contributed by atoms with Gasteiger partial charge in [-0.15, -0.1) is 11.3 Å². The highest BCUT2D eigenvalue weighted by Crippen LogP contribution is 2.37. The summed E-state index contributed by atoms with van der Waals surface area (Å²) in [5, 5.41) is 0. The van der Waals surface area contributed by atoms with Crippen LogP contribution >= 0.6 is 38.9 Å². The number of hydrogen-bond donors (Lipinski definition) is 0. The molecule has 0 saturated heterocycles. The van der Waals surface area contributed by atoms with E-state index in [0.29, 0.717) is 5.56 Å². The minimum atomic E-state index is -0.244. The van der Waals surface area contributed by atoms with E-state index in [4.69, 9.17) is 11.6 Å². The zero-order chi connectivity index (χ0) is 15.1. The quantitative estimate of drug-likeness (QED) is 0.579. The summed E-state index contributed by atoms with van der Waals surface area (Å²) in [6, 6.07) is 9.47. The van der Waals surface area contributed by atoms with Crippen LogP contribution in [0.2, 0.25) is 4.34 Å². The van der Waals surface area contributed by atoms with E-state index in [-0.39, 0.29) is 23.1 Å². The number of carbonyl (C=O) groups is 2. The van der Waals surface area contributed by atoms with Gasteiger partial charge in [-0.3, -0.25) is 14.5 Å². The Morgan fingerprint density at radius 3 is 2.71 bits per heavy atom. The molecule has 6 heteroatoms. The zero-order valence-electron chi connectivity index (χ0n) is 11.1. The van der Waals surface area contributed by atoms with Crippen LogP contribution in [0.5, 0.6) is 0 Å². The first-order valence-electron chi connectivity index (χ1n) is 6.30. The fraction of sp³-hybridized carbons (Fsp3) is 0.200. The van der Waals surface area contributed by atoms with Gasteiger partial charge >= 0.3 is 0 Å². The maximum Gasteiger partial charge on any atom is 0.260 e. The van der Waals surface area contributed by atoms with Crippen LogP contribution in [0.25, 0.3) is 0 Å². The molecule has 0 bridgehead atoms. The first-order valence-corrected chi connectivity index (χ1v) is 8.41. The second-order valence-electron chi connectivity index (χ2n) is 4.86. The predicted molar refractivity (Wildman–Crippen MR) is 87.3 cm³/mol. The molecule has 0 saturated carbocycles. The second kappa shape index (κ2) is 5.55. The Kier molecular flexibility index (Phi) is 3.90. The Morgan fingerprint density at radius 2 is 2.05 bits per heavy atom. The molecule has 0 aliphatic carbocycles. The lowest BCUT2D eigenvalue weighted by molar-refractivity contribution is -0.127. The van der Waals surface area contributed by atoms with Crippen LogP contribution < -0.4 is 0 Å². The van der Waals surface area contributed by atoms with Gasteiger partial charge in [0.15, 0.2) is 0 Å². The molecule has 0 fully saturated rings. The lowest BCUT2D eigenvalue weighted by Crippen LogP contribution is -2.39. The molecular weight excluding hydrogens is 374 g/mol. The molecule has 2 aromatic rings. The van der Waals surface area contributed by atoms with Gasteiger partial charge in [0.05, 0.1) is 15.6 Å². The van der Waals surface area contributed by atoms with Crippen LogP contribution in [0.3, 0.4) is 0 Å². The number of benzene rings is 1. The molecule has 3 rings (SSSR count). The number of alkyl halides is 1. The van der Waals surface area contributed by atoms with E-state index in [2.05, 4.69) is 15.9 Å². The Labute approximate surface area is 139 Å². The van der Waals surface area contributed by atoms with E-state index >= 15 is 0 Å². The van der Waals surface area contributed by atoms with E-state index in [1.165, 1.54) is 23.3 Å². The Balaban J connectivity index is 2.00. The number of halogens is 2. The van der Waals surface area contributed by atoms with Crippen molar-refractivity contribution in [3.63, 3.8) is 0 Å². The average molecular weight is 385 g/mol. The summed E-state index contributed by atoms with van der Waals surface area (Å²) in [4.78, 5) is 26.1. The summed E-state index contributed by atoms with van der Waals surface area (Å²) in [6.07, 6.45) is 0.273. The number of hydrogen-bond acceptors (Lipinski definition) is 3. The highest BCUT2D eigenvalue weighted by atomic mass is 79.9. The summed E-state index contributed by atoms with van der Waals surface area (Å²) in [6.45, 7) is 0. The van der Waals surface area contributed by atoms with Crippen molar-refractivity contribution in [3.05, 3.63) is 56.2 Å². The van der Waals surface area contributed by atoms with Crippen molar-refractivity contribution < 1.29 is 9.59 Å². The first kappa shape index (κ1) is 14.8. The Hall–Kier alpha value is -1.17. The fourth-order valence-electron chi connectivity index (χ4n) is 2.31. The van der Waals surface area contributed by atoms with Gasteiger partial charge in [-0.25, -0.2) is 0 Å². The third-order valence-corrected chi connectivity index (χ3v) is 6.14. The number of fused-ring (bicyclic) bond motifs is 1. The van der Waals surface area contributed by atoms with E-state index in [1.807, 2.05) is 30.3 Å². The van der Waals surface area contributed by atoms with Crippen molar-refractivity contribution in [1.82, 2.24) is 4.90 Å². The van der Waals surface area contributed by atoms with Crippen LogP contribution in [0.4, 0.5) is 0 Å². The van der Waals surface area contributed by atoms with Gasteiger partial charge in [-0.1, -0.05) is 39.7 Å². The smallest absolute Gasteiger partial charge is 0.260 e. The monoisotopic (exact) mass is 383 g/mol. The number of rotatable bonds is 2. The largest absolute Gasteiger partial charge is 0.281 e. The summed E-state index contributed by atoms with van der Waals surface area (Å²) in [5.41, 5.74) is 2.36. The molecule has 2 amide bonds. The van der Waals surface area contributed by atoms with E-state index in [9.17, 15) is 9.59 Å². The molecule has 1 aromatic heterocycles. The van der Waals surface area contributed by atoms with Crippen molar-refractivity contribution in [2.45, 2.75) is 11.2 Å². The van der Waals surface area contributed by atoms with Gasteiger partial charge in [0.2, 0.25) is 5.91 Å². The van der Waals surface area contributed by atoms with Crippen molar-refractivity contribution in [3.8, 4) is 0 Å². The van der Waals surface area contributed by atoms with Crippen molar-refractivity contribution in [2.75, 3.05) is 7.05 Å². The maximum atomic E-state index is 12.2. The maximum absolute atomic E-state index is 12.2. The molecule has 1 aliphatic rings. The minimum absolute atomic E-state index is 0.0176. The molecule has 21 heavy (non-hydrogen) atoms. The highest BCUT2D eigenvalue weighted by Gasteiger charge is 2.28. The molecule has 1 aliphatic heterocycles. The number of likely N-dealkylation sites (N-methyl/N-ethyl adjacent to an activating group) is 1. The van der Waals surface area contributed by atoms with E-state index in [0.717, 1.165) is 20.3 Å². The molecule has 108 valence electrons. The average Bonchev–Trinajstić information content (AvgIpc) is 2.90. The highest BCUT2D eigenvalue weighted by molar-refractivity contribution is 9.09. The predicted octanol–water partition coefficient (Wildman–Crippen LogP) is 4.04.